The quantitative estimate of drug-likeness (QED) is 0.0152. The van der Waals surface area contributed by atoms with E-state index in [1.165, 1.54) is 146 Å². The first kappa shape index (κ1) is 115. The van der Waals surface area contributed by atoms with E-state index in [9.17, 15) is 34.5 Å². The summed E-state index contributed by atoms with van der Waals surface area (Å²) in [4.78, 5) is 87.8. The van der Waals surface area contributed by atoms with Gasteiger partial charge in [0, 0.05) is 19.3 Å². The molecule has 0 bridgehead atoms. The number of phosphoric acid groups is 1. The van der Waals surface area contributed by atoms with E-state index in [0.29, 0.717) is 56.9 Å². The molecule has 748 valence electrons. The molecule has 0 aromatic heterocycles. The van der Waals surface area contributed by atoms with Gasteiger partial charge in [-0.15, -0.1) is 0 Å². The van der Waals surface area contributed by atoms with Crippen molar-refractivity contribution in [3.8, 4) is 11.5 Å². The zero-order valence-electron chi connectivity index (χ0n) is 82.1. The molecule has 5 rings (SSSR count). The third kappa shape index (κ3) is 53.9. The zero-order valence-corrected chi connectivity index (χ0v) is 83.0. The lowest BCUT2D eigenvalue weighted by atomic mass is 9.95. The third-order valence-electron chi connectivity index (χ3n) is 25.3. The molecule has 2 fully saturated rings. The Hall–Kier alpha value is -6.01. The van der Waals surface area contributed by atoms with Crippen molar-refractivity contribution in [1.29, 1.82) is 0 Å². The molecule has 0 radical (unpaired) electrons. The normalized spacial score (nSPS) is 19.3. The number of rotatable bonds is 83. The molecule has 0 unspecified atom stereocenters. The van der Waals surface area contributed by atoms with Gasteiger partial charge in [-0.1, -0.05) is 404 Å². The maximum Gasteiger partial charge on any atom is 0.588 e. The topological polar surface area (TPSA) is 306 Å². The van der Waals surface area contributed by atoms with Gasteiger partial charge < -0.3 is 72.9 Å². The Morgan fingerprint density at radius 2 is 0.656 bits per heavy atom. The van der Waals surface area contributed by atoms with Crippen molar-refractivity contribution < 1.29 is 100 Å². The van der Waals surface area contributed by atoms with E-state index in [0.717, 1.165) is 180 Å². The Morgan fingerprint density at radius 3 is 1.01 bits per heavy atom. The summed E-state index contributed by atoms with van der Waals surface area (Å²) in [5.41, 5.74) is 0.712. The summed E-state index contributed by atoms with van der Waals surface area (Å²) in [6, 6.07) is 22.2. The molecule has 2 heterocycles. The number of carbonyl (C=O) groups is 6. The monoisotopic (exact) mass is 1860 g/mol. The molecule has 13 atom stereocenters. The Bertz CT molecular complexity index is 3340. The van der Waals surface area contributed by atoms with Gasteiger partial charge in [-0.3, -0.25) is 33.3 Å². The van der Waals surface area contributed by atoms with Gasteiger partial charge in [-0.25, -0.2) is 4.57 Å². The molecule has 23 nitrogen and oxygen atoms in total. The van der Waals surface area contributed by atoms with Gasteiger partial charge in [0.05, 0.1) is 39.1 Å². The van der Waals surface area contributed by atoms with Crippen LogP contribution in [0.4, 0.5) is 0 Å². The number of phosphoric ester groups is 1. The van der Waals surface area contributed by atoms with Gasteiger partial charge in [0.2, 0.25) is 11.8 Å². The molecule has 2 amide bonds. The summed E-state index contributed by atoms with van der Waals surface area (Å²) in [7, 11) is -5.09. The fraction of sp³-hybridized carbons (Fsp3) is 0.776. The second-order valence-corrected chi connectivity index (χ2v) is 38.6. The number of hydrogen-bond acceptors (Lipinski definition) is 21. The number of esters is 4. The van der Waals surface area contributed by atoms with Crippen molar-refractivity contribution in [2.75, 3.05) is 13.2 Å². The van der Waals surface area contributed by atoms with Crippen molar-refractivity contribution in [2.45, 2.75) is 519 Å². The molecule has 3 aromatic rings. The van der Waals surface area contributed by atoms with Gasteiger partial charge in [-0.2, -0.15) is 0 Å². The molecule has 2 aliphatic rings. The van der Waals surface area contributed by atoms with Gasteiger partial charge in [0.15, 0.2) is 18.7 Å². The first-order valence-corrected chi connectivity index (χ1v) is 54.1. The fourth-order valence-corrected chi connectivity index (χ4v) is 18.9. The third-order valence-corrected chi connectivity index (χ3v) is 26.6. The highest BCUT2D eigenvalue weighted by Gasteiger charge is 2.55. The van der Waals surface area contributed by atoms with Crippen LogP contribution in [0.15, 0.2) is 91.0 Å². The summed E-state index contributed by atoms with van der Waals surface area (Å²) >= 11 is 0. The minimum Gasteiger partial charge on any atom is -0.462 e. The second kappa shape index (κ2) is 75.1. The zero-order chi connectivity index (χ0) is 94.3. The summed E-state index contributed by atoms with van der Waals surface area (Å²) < 4.78 is 87.3. The molecule has 2 saturated heterocycles. The van der Waals surface area contributed by atoms with Crippen LogP contribution >= 0.6 is 7.82 Å². The van der Waals surface area contributed by atoms with E-state index >= 15 is 14.2 Å². The Kier molecular flexibility index (Phi) is 66.2. The van der Waals surface area contributed by atoms with Crippen LogP contribution in [0.2, 0.25) is 0 Å². The van der Waals surface area contributed by atoms with Crippen LogP contribution in [-0.4, -0.2) is 144 Å². The second-order valence-electron chi connectivity index (χ2n) is 37.2. The van der Waals surface area contributed by atoms with Crippen molar-refractivity contribution >= 4 is 43.5 Å². The van der Waals surface area contributed by atoms with E-state index < -0.39 is 143 Å². The van der Waals surface area contributed by atoms with Gasteiger partial charge in [0.1, 0.15) is 72.4 Å². The molecule has 2 aliphatic heterocycles. The minimum absolute atomic E-state index is 0.0431. The predicted octanol–water partition coefficient (Wildman–Crippen LogP) is 25.6. The van der Waals surface area contributed by atoms with Crippen molar-refractivity contribution in [3.63, 3.8) is 0 Å². The average molecular weight is 1860 g/mol. The Labute approximate surface area is 790 Å². The Morgan fingerprint density at radius 1 is 0.351 bits per heavy atom. The number of ether oxygens (including phenoxy) is 8. The van der Waals surface area contributed by atoms with Crippen LogP contribution < -0.4 is 19.7 Å². The van der Waals surface area contributed by atoms with Crippen LogP contribution in [0, 0.1) is 0 Å². The standard InChI is InChI=1S/C107H179N2O21P/c1-7-13-19-25-31-36-42-48-59-74-89(122-96(113)77-65-50-44-38-33-27-21-15-9-3)80-94(111)108-100-103(118)102(117)93(126-106(100)120-84-86-68-56-53-57-69-86)85-121-107-101(109-95(112)81-90(75-58-47-41-30-24-18-12-6)123-97(114)78-66-51-45-39-34-28-22-16-10-4)105(104(92(83-110)125-107)130-131(119,128-87-70-61-54-62-71-87)129-88-72-63-55-64-73-88)127-99(116)82-91(76-60-49-43-37-32-26-20-14-8-2)124-98(115)79-67-52-46-40-35-29-23-17-11-5/h53-57,61-64,68-73,89-93,100-107,110,117-118H,7-52,58-60,65-67,74-85H2,1-6H3,(H,108,111)(H,109,112)/t89-,90-,91-,92-,93-,100-,101-,102-,103-,104-,105-,106-,107-/m1/s1. The highest BCUT2D eigenvalue weighted by Crippen LogP contribution is 2.53. The lowest BCUT2D eigenvalue weighted by molar-refractivity contribution is -0.304. The van der Waals surface area contributed by atoms with Crippen molar-refractivity contribution in [3.05, 3.63) is 96.6 Å². The highest BCUT2D eigenvalue weighted by atomic mass is 31.2. The van der Waals surface area contributed by atoms with E-state index in [1.807, 2.05) is 30.3 Å². The van der Waals surface area contributed by atoms with Gasteiger partial charge >= 0.3 is 31.7 Å². The van der Waals surface area contributed by atoms with E-state index in [4.69, 9.17) is 51.5 Å². The first-order valence-electron chi connectivity index (χ1n) is 52.6. The minimum atomic E-state index is -5.09. The maximum absolute atomic E-state index is 16.0. The molecule has 0 spiro atoms. The molecular weight excluding hydrogens is 1680 g/mol. The molecule has 131 heavy (non-hydrogen) atoms. The summed E-state index contributed by atoms with van der Waals surface area (Å²) in [5.74, 6) is -3.45. The number of para-hydroxylation sites is 2. The van der Waals surface area contributed by atoms with E-state index in [-0.39, 0.29) is 49.8 Å². The van der Waals surface area contributed by atoms with Crippen molar-refractivity contribution in [1.82, 2.24) is 10.6 Å². The largest absolute Gasteiger partial charge is 0.588 e. The summed E-state index contributed by atoms with van der Waals surface area (Å²) in [5, 5.41) is 42.9. The van der Waals surface area contributed by atoms with Crippen LogP contribution in [0.25, 0.3) is 0 Å². The number of amides is 2. The number of hydrogen-bond donors (Lipinski definition) is 5. The fourth-order valence-electron chi connectivity index (χ4n) is 17.4. The molecule has 0 aliphatic carbocycles. The van der Waals surface area contributed by atoms with Crippen LogP contribution in [0.1, 0.15) is 439 Å². The summed E-state index contributed by atoms with van der Waals surface area (Å²) in [6.07, 6.45) is 37.9. The summed E-state index contributed by atoms with van der Waals surface area (Å²) in [6.45, 7) is 11.5. The smallest absolute Gasteiger partial charge is 0.462 e. The highest BCUT2D eigenvalue weighted by molar-refractivity contribution is 7.49. The number of benzene rings is 3. The predicted molar refractivity (Wildman–Crippen MR) is 519 cm³/mol. The lowest BCUT2D eigenvalue weighted by Gasteiger charge is -2.46. The number of unbranched alkanes of at least 4 members (excludes halogenated alkanes) is 46. The van der Waals surface area contributed by atoms with Gasteiger partial charge in [-0.05, 0) is 87.6 Å². The van der Waals surface area contributed by atoms with E-state index in [2.05, 4.69) is 52.2 Å². The lowest BCUT2D eigenvalue weighted by Crippen LogP contribution is -2.67. The molecular formula is C107H179N2O21P. The number of aliphatic hydroxyl groups is 3. The Balaban J connectivity index is 1.59. The maximum atomic E-state index is 16.0. The average Bonchev–Trinajstić information content (AvgIpc) is 0.774. The number of nitrogens with one attached hydrogen (secondary N) is 2. The SMILES string of the molecule is CCCCCCCCCCCC(=O)O[C@H](CCCCCCCCCCC)CC(=O)N[C@H]1[C@H](OCc2ccccc2)O[C@H](CO[C@@H]2O[C@H](CO)[C@@H](OP(=O)(Oc3ccccc3)Oc3ccccc3)[C@H](OC(=O)C[C@@H](CCCCCCCCCCC)OC(=O)CCCCCCCCCCC)[C@H]2NC(=O)C[C@@H](CCCCCCCCC)OC(=O)CCCCCCCCCCC)[C@@H](O)[C@@H]1O. The van der Waals surface area contributed by atoms with Crippen molar-refractivity contribution in [2.24, 2.45) is 0 Å². The number of carbonyl (C=O) groups excluding carboxylic acids is 6. The molecule has 0 saturated carbocycles. The molecule has 5 N–H and O–H groups in total. The molecule has 3 aromatic carbocycles. The van der Waals surface area contributed by atoms with Crippen LogP contribution in [0.5, 0.6) is 11.5 Å². The van der Waals surface area contributed by atoms with E-state index in [1.54, 1.807) is 36.4 Å². The first-order chi connectivity index (χ1) is 63.9. The van der Waals surface area contributed by atoms with Crippen LogP contribution in [0.3, 0.4) is 0 Å². The number of aliphatic hydroxyl groups excluding tert-OH is 3. The van der Waals surface area contributed by atoms with Gasteiger partial charge in [0.25, 0.3) is 0 Å². The van der Waals surface area contributed by atoms with Crippen LogP contribution in [-0.2, 0) is 82.4 Å². The molecule has 24 heteroatoms.